The fraction of sp³-hybridized carbons (Fsp3) is 0.333. The molecule has 0 atom stereocenters. The molecule has 2 rings (SSSR count). The van der Waals surface area contributed by atoms with E-state index < -0.39 is 0 Å². The van der Waals surface area contributed by atoms with Crippen molar-refractivity contribution in [2.75, 3.05) is 24.7 Å². The molecule has 2 aromatic carbocycles. The first kappa shape index (κ1) is 16.4. The molecule has 0 fully saturated rings. The molecule has 0 heterocycles. The van der Waals surface area contributed by atoms with Crippen molar-refractivity contribution >= 4 is 23.4 Å². The number of benzene rings is 2. The number of halogens is 1. The molecule has 0 aliphatic rings. The molecule has 0 bridgehead atoms. The predicted molar refractivity (Wildman–Crippen MR) is 94.3 cm³/mol. The molecule has 0 N–H and O–H groups in total. The van der Waals surface area contributed by atoms with Gasteiger partial charge >= 0.3 is 0 Å². The second-order valence-electron chi connectivity index (χ2n) is 5.06. The predicted octanol–water partition coefficient (Wildman–Crippen LogP) is 4.83. The smallest absolute Gasteiger partial charge is 0.0351 e. The second-order valence-corrected chi connectivity index (χ2v) is 6.58. The molecule has 0 aromatic heterocycles. The third kappa shape index (κ3) is 5.74. The highest BCUT2D eigenvalue weighted by Crippen LogP contribution is 2.21. The third-order valence-electron chi connectivity index (χ3n) is 3.41. The van der Waals surface area contributed by atoms with Gasteiger partial charge in [-0.3, -0.25) is 4.90 Å². The Bertz CT molecular complexity index is 530. The number of nitrogens with zero attached hydrogens (tertiary/aromatic N) is 1. The van der Waals surface area contributed by atoms with E-state index in [2.05, 4.69) is 66.4 Å². The number of hydrogen-bond acceptors (Lipinski definition) is 2. The van der Waals surface area contributed by atoms with Crippen molar-refractivity contribution in [3.63, 3.8) is 0 Å². The normalized spacial score (nSPS) is 11.0. The fourth-order valence-electron chi connectivity index (χ4n) is 2.23. The standard InChI is InChI=1S/C18H22ClNS/c1-16-7-5-6-10-18(16)21-14-13-20(12-11-19)15-17-8-3-2-4-9-17/h2-10H,11-15H2,1H3. The Labute approximate surface area is 137 Å². The summed E-state index contributed by atoms with van der Waals surface area (Å²) < 4.78 is 0. The molecule has 0 saturated carbocycles. The van der Waals surface area contributed by atoms with Crippen LogP contribution in [0.4, 0.5) is 0 Å². The Kier molecular flexibility index (Phi) is 7.14. The summed E-state index contributed by atoms with van der Waals surface area (Å²) in [5, 5.41) is 0. The summed E-state index contributed by atoms with van der Waals surface area (Å²) in [6.45, 7) is 5.14. The van der Waals surface area contributed by atoms with E-state index in [0.717, 1.165) is 25.4 Å². The van der Waals surface area contributed by atoms with Crippen molar-refractivity contribution < 1.29 is 0 Å². The maximum absolute atomic E-state index is 5.94. The number of rotatable bonds is 8. The molecule has 21 heavy (non-hydrogen) atoms. The van der Waals surface area contributed by atoms with Crippen molar-refractivity contribution in [3.8, 4) is 0 Å². The molecule has 0 unspecified atom stereocenters. The van der Waals surface area contributed by atoms with Crippen LogP contribution in [0, 0.1) is 6.92 Å². The first-order valence-corrected chi connectivity index (χ1v) is 8.82. The Hall–Kier alpha value is -0.960. The van der Waals surface area contributed by atoms with Crippen LogP contribution in [0.15, 0.2) is 59.5 Å². The van der Waals surface area contributed by atoms with E-state index in [0.29, 0.717) is 5.88 Å². The van der Waals surface area contributed by atoms with Gasteiger partial charge in [0, 0.05) is 36.2 Å². The van der Waals surface area contributed by atoms with E-state index in [1.54, 1.807) is 0 Å². The Morgan fingerprint density at radius 2 is 1.67 bits per heavy atom. The number of hydrogen-bond donors (Lipinski definition) is 0. The van der Waals surface area contributed by atoms with Crippen LogP contribution in [0.5, 0.6) is 0 Å². The highest BCUT2D eigenvalue weighted by atomic mass is 35.5. The van der Waals surface area contributed by atoms with Gasteiger partial charge in [0.25, 0.3) is 0 Å². The van der Waals surface area contributed by atoms with Gasteiger partial charge in [0.1, 0.15) is 0 Å². The minimum atomic E-state index is 0.682. The second kappa shape index (κ2) is 9.14. The van der Waals surface area contributed by atoms with Gasteiger partial charge in [0.2, 0.25) is 0 Å². The molecule has 0 saturated heterocycles. The maximum atomic E-state index is 5.94. The lowest BCUT2D eigenvalue weighted by Crippen LogP contribution is -2.27. The summed E-state index contributed by atoms with van der Waals surface area (Å²) in [7, 11) is 0. The van der Waals surface area contributed by atoms with Crippen LogP contribution in [0.2, 0.25) is 0 Å². The van der Waals surface area contributed by atoms with Crippen molar-refractivity contribution in [1.29, 1.82) is 0 Å². The van der Waals surface area contributed by atoms with Crippen LogP contribution in [-0.2, 0) is 6.54 Å². The SMILES string of the molecule is Cc1ccccc1SCCN(CCCl)Cc1ccccc1. The molecule has 0 radical (unpaired) electrons. The van der Waals surface area contributed by atoms with Crippen LogP contribution < -0.4 is 0 Å². The zero-order valence-corrected chi connectivity index (χ0v) is 14.0. The number of aryl methyl sites for hydroxylation is 1. The molecule has 1 nitrogen and oxygen atoms in total. The van der Waals surface area contributed by atoms with Crippen molar-refractivity contribution in [2.45, 2.75) is 18.4 Å². The molecule has 0 aliphatic carbocycles. The molecule has 2 aromatic rings. The molecule has 3 heteroatoms. The molecular formula is C18H22ClNS. The van der Waals surface area contributed by atoms with Gasteiger partial charge in [-0.15, -0.1) is 23.4 Å². The first-order chi connectivity index (χ1) is 10.3. The molecular weight excluding hydrogens is 298 g/mol. The monoisotopic (exact) mass is 319 g/mol. The summed E-state index contributed by atoms with van der Waals surface area (Å²) in [6, 6.07) is 19.2. The summed E-state index contributed by atoms with van der Waals surface area (Å²) in [5.41, 5.74) is 2.71. The Morgan fingerprint density at radius 1 is 0.952 bits per heavy atom. The van der Waals surface area contributed by atoms with Gasteiger partial charge in [-0.05, 0) is 24.1 Å². The van der Waals surface area contributed by atoms with E-state index in [1.807, 2.05) is 11.8 Å². The average molecular weight is 320 g/mol. The lowest BCUT2D eigenvalue weighted by molar-refractivity contribution is 0.300. The molecule has 112 valence electrons. The Balaban J connectivity index is 1.84. The topological polar surface area (TPSA) is 3.24 Å². The van der Waals surface area contributed by atoms with Crippen LogP contribution in [0.1, 0.15) is 11.1 Å². The van der Waals surface area contributed by atoms with Crippen molar-refractivity contribution in [3.05, 3.63) is 65.7 Å². The van der Waals surface area contributed by atoms with E-state index >= 15 is 0 Å². The quantitative estimate of drug-likeness (QED) is 0.506. The van der Waals surface area contributed by atoms with Gasteiger partial charge in [0.15, 0.2) is 0 Å². The largest absolute Gasteiger partial charge is 0.297 e. The van der Waals surface area contributed by atoms with Crippen LogP contribution in [0.25, 0.3) is 0 Å². The Morgan fingerprint density at radius 3 is 2.38 bits per heavy atom. The first-order valence-electron chi connectivity index (χ1n) is 7.30. The van der Waals surface area contributed by atoms with Crippen molar-refractivity contribution in [1.82, 2.24) is 4.90 Å². The molecule has 0 aliphatic heterocycles. The van der Waals surface area contributed by atoms with Crippen LogP contribution in [-0.4, -0.2) is 29.6 Å². The van der Waals surface area contributed by atoms with Gasteiger partial charge in [-0.1, -0.05) is 48.5 Å². The van der Waals surface area contributed by atoms with Crippen molar-refractivity contribution in [2.24, 2.45) is 0 Å². The van der Waals surface area contributed by atoms with Crippen LogP contribution >= 0.6 is 23.4 Å². The van der Waals surface area contributed by atoms with E-state index in [1.165, 1.54) is 16.0 Å². The summed E-state index contributed by atoms with van der Waals surface area (Å²) in [4.78, 5) is 3.80. The van der Waals surface area contributed by atoms with E-state index in [9.17, 15) is 0 Å². The average Bonchev–Trinajstić information content (AvgIpc) is 2.50. The van der Waals surface area contributed by atoms with Gasteiger partial charge in [-0.25, -0.2) is 0 Å². The fourth-order valence-corrected chi connectivity index (χ4v) is 3.51. The highest BCUT2D eigenvalue weighted by Gasteiger charge is 2.06. The third-order valence-corrected chi connectivity index (χ3v) is 4.73. The van der Waals surface area contributed by atoms with Crippen LogP contribution in [0.3, 0.4) is 0 Å². The lowest BCUT2D eigenvalue weighted by Gasteiger charge is -2.21. The lowest BCUT2D eigenvalue weighted by atomic mass is 10.2. The van der Waals surface area contributed by atoms with E-state index in [4.69, 9.17) is 11.6 Å². The molecule has 0 amide bonds. The zero-order valence-electron chi connectivity index (χ0n) is 12.5. The minimum absolute atomic E-state index is 0.682. The summed E-state index contributed by atoms with van der Waals surface area (Å²) in [5.74, 6) is 1.77. The minimum Gasteiger partial charge on any atom is -0.297 e. The van der Waals surface area contributed by atoms with Gasteiger partial charge in [0.05, 0.1) is 0 Å². The summed E-state index contributed by atoms with van der Waals surface area (Å²) in [6.07, 6.45) is 0. The summed E-state index contributed by atoms with van der Waals surface area (Å²) >= 11 is 7.86. The number of alkyl halides is 1. The maximum Gasteiger partial charge on any atom is 0.0351 e. The zero-order chi connectivity index (χ0) is 14.9. The highest BCUT2D eigenvalue weighted by molar-refractivity contribution is 7.99. The van der Waals surface area contributed by atoms with Gasteiger partial charge in [-0.2, -0.15) is 0 Å². The van der Waals surface area contributed by atoms with Gasteiger partial charge < -0.3 is 0 Å². The molecule has 0 spiro atoms. The number of thioether (sulfide) groups is 1. The van der Waals surface area contributed by atoms with E-state index in [-0.39, 0.29) is 0 Å².